The summed E-state index contributed by atoms with van der Waals surface area (Å²) in [6.07, 6.45) is 0.536. The zero-order chi connectivity index (χ0) is 14.0. The summed E-state index contributed by atoms with van der Waals surface area (Å²) in [5.74, 6) is 0. The van der Waals surface area contributed by atoms with Crippen LogP contribution in [0.3, 0.4) is 0 Å². The molecule has 1 N–H and O–H groups in total. The van der Waals surface area contributed by atoms with Crippen molar-refractivity contribution in [3.8, 4) is 0 Å². The molecule has 0 radical (unpaired) electrons. The van der Waals surface area contributed by atoms with E-state index in [2.05, 4.69) is 28.1 Å². The molecule has 1 atom stereocenters. The Morgan fingerprint density at radius 2 is 1.79 bits per heavy atom. The van der Waals surface area contributed by atoms with Gasteiger partial charge >= 0.3 is 0 Å². The van der Waals surface area contributed by atoms with E-state index in [0.29, 0.717) is 11.4 Å². The summed E-state index contributed by atoms with van der Waals surface area (Å²) in [6.45, 7) is 3.84. The smallest absolute Gasteiger partial charge is 0.0923 e. The third-order valence-corrected chi connectivity index (χ3v) is 3.99. The molecule has 2 aromatic carbocycles. The van der Waals surface area contributed by atoms with Crippen LogP contribution in [0.1, 0.15) is 23.6 Å². The molecular weight excluding hydrogens is 324 g/mol. The molecule has 3 heteroatoms. The summed E-state index contributed by atoms with van der Waals surface area (Å²) in [7, 11) is 0. The molecule has 0 bridgehead atoms. The predicted molar refractivity (Wildman–Crippen MR) is 83.6 cm³/mol. The predicted octanol–water partition coefficient (Wildman–Crippen LogP) is 4.86. The number of aryl methyl sites for hydroxylation is 1. The Labute approximate surface area is 127 Å². The second-order valence-corrected chi connectivity index (χ2v) is 6.38. The Balaban J connectivity index is 2.29. The summed E-state index contributed by atoms with van der Waals surface area (Å²) in [5, 5.41) is 11.3. The average molecular weight is 340 g/mol. The highest BCUT2D eigenvalue weighted by molar-refractivity contribution is 9.10. The van der Waals surface area contributed by atoms with Crippen molar-refractivity contribution in [3.63, 3.8) is 0 Å². The summed E-state index contributed by atoms with van der Waals surface area (Å²) in [5.41, 5.74) is 2.07. The lowest BCUT2D eigenvalue weighted by Crippen LogP contribution is -2.24. The molecular formula is C16H16BrClO. The Morgan fingerprint density at radius 1 is 1.16 bits per heavy atom. The lowest BCUT2D eigenvalue weighted by molar-refractivity contribution is 0.0577. The van der Waals surface area contributed by atoms with Crippen molar-refractivity contribution in [1.29, 1.82) is 0 Å². The molecule has 1 nitrogen and oxygen atoms in total. The van der Waals surface area contributed by atoms with Gasteiger partial charge in [-0.2, -0.15) is 0 Å². The number of hydrogen-bond acceptors (Lipinski definition) is 1. The number of halogens is 2. The second kappa shape index (κ2) is 5.66. The molecule has 0 amide bonds. The maximum Gasteiger partial charge on any atom is 0.0923 e. The third kappa shape index (κ3) is 3.59. The lowest BCUT2D eigenvalue weighted by atomic mass is 9.89. The van der Waals surface area contributed by atoms with Gasteiger partial charge in [-0.15, -0.1) is 0 Å². The van der Waals surface area contributed by atoms with Crippen LogP contribution in [-0.2, 0) is 12.0 Å². The number of aliphatic hydroxyl groups is 1. The first-order valence-electron chi connectivity index (χ1n) is 6.12. The van der Waals surface area contributed by atoms with Crippen molar-refractivity contribution in [1.82, 2.24) is 0 Å². The summed E-state index contributed by atoms with van der Waals surface area (Å²) < 4.78 is 0.910. The van der Waals surface area contributed by atoms with E-state index < -0.39 is 5.60 Å². The average Bonchev–Trinajstić information content (AvgIpc) is 2.31. The number of rotatable bonds is 3. The van der Waals surface area contributed by atoms with Crippen LogP contribution in [0.2, 0.25) is 5.02 Å². The summed E-state index contributed by atoms with van der Waals surface area (Å²) >= 11 is 9.59. The van der Waals surface area contributed by atoms with Crippen molar-refractivity contribution in [2.45, 2.75) is 25.9 Å². The van der Waals surface area contributed by atoms with E-state index in [0.717, 1.165) is 15.6 Å². The van der Waals surface area contributed by atoms with Crippen LogP contribution in [-0.4, -0.2) is 5.11 Å². The van der Waals surface area contributed by atoms with Gasteiger partial charge in [-0.25, -0.2) is 0 Å². The van der Waals surface area contributed by atoms with Crippen molar-refractivity contribution >= 4 is 27.5 Å². The molecule has 0 spiro atoms. The minimum atomic E-state index is -0.979. The number of hydrogen-bond donors (Lipinski definition) is 1. The van der Waals surface area contributed by atoms with E-state index >= 15 is 0 Å². The Bertz CT molecular complexity index is 576. The van der Waals surface area contributed by atoms with Crippen LogP contribution in [0.15, 0.2) is 46.9 Å². The van der Waals surface area contributed by atoms with E-state index in [1.54, 1.807) is 13.0 Å². The van der Waals surface area contributed by atoms with Gasteiger partial charge in [0.15, 0.2) is 0 Å². The SMILES string of the molecule is Cc1ccc(CC(C)(O)c2ccc(Br)cc2Cl)cc1. The standard InChI is InChI=1S/C16H16BrClO/c1-11-3-5-12(6-4-11)10-16(2,19)14-8-7-13(17)9-15(14)18/h3-9,19H,10H2,1-2H3. The zero-order valence-electron chi connectivity index (χ0n) is 11.0. The van der Waals surface area contributed by atoms with Crippen LogP contribution in [0.4, 0.5) is 0 Å². The molecule has 1 unspecified atom stereocenters. The van der Waals surface area contributed by atoms with Gasteiger partial charge in [0.2, 0.25) is 0 Å². The van der Waals surface area contributed by atoms with E-state index in [-0.39, 0.29) is 0 Å². The van der Waals surface area contributed by atoms with Crippen LogP contribution < -0.4 is 0 Å². The lowest BCUT2D eigenvalue weighted by Gasteiger charge is -2.25. The Hall–Kier alpha value is -0.830. The molecule has 0 saturated carbocycles. The van der Waals surface area contributed by atoms with Crippen LogP contribution in [0, 0.1) is 6.92 Å². The minimum Gasteiger partial charge on any atom is -0.385 e. The van der Waals surface area contributed by atoms with E-state index in [1.165, 1.54) is 5.56 Å². The molecule has 0 aliphatic carbocycles. The molecule has 2 aromatic rings. The molecule has 0 aliphatic heterocycles. The number of benzene rings is 2. The van der Waals surface area contributed by atoms with Crippen LogP contribution in [0.5, 0.6) is 0 Å². The zero-order valence-corrected chi connectivity index (χ0v) is 13.3. The molecule has 0 fully saturated rings. The second-order valence-electron chi connectivity index (χ2n) is 5.06. The first-order chi connectivity index (χ1) is 8.88. The van der Waals surface area contributed by atoms with Gasteiger partial charge in [0, 0.05) is 21.5 Å². The van der Waals surface area contributed by atoms with Crippen LogP contribution in [0.25, 0.3) is 0 Å². The Morgan fingerprint density at radius 3 is 2.37 bits per heavy atom. The minimum absolute atomic E-state index is 0.536. The van der Waals surface area contributed by atoms with E-state index in [9.17, 15) is 5.11 Å². The molecule has 19 heavy (non-hydrogen) atoms. The maximum absolute atomic E-state index is 10.7. The van der Waals surface area contributed by atoms with E-state index in [1.807, 2.05) is 31.2 Å². The van der Waals surface area contributed by atoms with Gasteiger partial charge in [0.05, 0.1) is 5.60 Å². The van der Waals surface area contributed by atoms with Gasteiger partial charge in [-0.05, 0) is 31.5 Å². The van der Waals surface area contributed by atoms with Gasteiger partial charge in [-0.1, -0.05) is 63.4 Å². The fraction of sp³-hybridized carbons (Fsp3) is 0.250. The van der Waals surface area contributed by atoms with E-state index in [4.69, 9.17) is 11.6 Å². The third-order valence-electron chi connectivity index (χ3n) is 3.18. The van der Waals surface area contributed by atoms with Gasteiger partial charge in [0.1, 0.15) is 0 Å². The molecule has 2 rings (SSSR count). The van der Waals surface area contributed by atoms with Gasteiger partial charge in [0.25, 0.3) is 0 Å². The van der Waals surface area contributed by atoms with Gasteiger partial charge < -0.3 is 5.11 Å². The Kier molecular flexibility index (Phi) is 4.34. The summed E-state index contributed by atoms with van der Waals surface area (Å²) in [4.78, 5) is 0. The van der Waals surface area contributed by atoms with Crippen molar-refractivity contribution in [2.24, 2.45) is 0 Å². The van der Waals surface area contributed by atoms with Crippen molar-refractivity contribution < 1.29 is 5.11 Å². The highest BCUT2D eigenvalue weighted by Crippen LogP contribution is 2.32. The maximum atomic E-state index is 10.7. The molecule has 0 heterocycles. The van der Waals surface area contributed by atoms with Crippen molar-refractivity contribution in [2.75, 3.05) is 0 Å². The quantitative estimate of drug-likeness (QED) is 0.846. The van der Waals surface area contributed by atoms with Gasteiger partial charge in [-0.3, -0.25) is 0 Å². The topological polar surface area (TPSA) is 20.2 Å². The molecule has 100 valence electrons. The first kappa shape index (κ1) is 14.6. The monoisotopic (exact) mass is 338 g/mol. The molecule has 0 aromatic heterocycles. The normalized spacial score (nSPS) is 14.2. The van der Waals surface area contributed by atoms with Crippen LogP contribution >= 0.6 is 27.5 Å². The molecule has 0 saturated heterocycles. The largest absolute Gasteiger partial charge is 0.385 e. The fourth-order valence-electron chi connectivity index (χ4n) is 2.12. The summed E-state index contributed by atoms with van der Waals surface area (Å²) in [6, 6.07) is 13.7. The highest BCUT2D eigenvalue weighted by Gasteiger charge is 2.26. The van der Waals surface area contributed by atoms with Crippen molar-refractivity contribution in [3.05, 3.63) is 68.7 Å². The fourth-order valence-corrected chi connectivity index (χ4v) is 3.00. The highest BCUT2D eigenvalue weighted by atomic mass is 79.9. The molecule has 0 aliphatic rings. The first-order valence-corrected chi connectivity index (χ1v) is 7.29.